The van der Waals surface area contributed by atoms with Crippen molar-refractivity contribution in [1.82, 2.24) is 9.88 Å². The number of aromatic nitrogens is 1. The van der Waals surface area contributed by atoms with Gasteiger partial charge in [-0.15, -0.1) is 11.3 Å². The minimum Gasteiger partial charge on any atom is -0.366 e. The maximum absolute atomic E-state index is 14.5. The average Bonchev–Trinajstić information content (AvgIpc) is 3.14. The standard InChI is InChI=1S/C25H26FN3O2S/c1-16-4-6-19(7-5-16)25-23(32-18(3)27-25)15-24(31)29-12-10-28(11-13-29)22-9-8-20(17(2)30)14-21(22)26/h4-9,14H,10-13,15H2,1-3H3. The second-order valence-electron chi connectivity index (χ2n) is 8.14. The summed E-state index contributed by atoms with van der Waals surface area (Å²) < 4.78 is 14.5. The molecule has 0 saturated carbocycles. The minimum atomic E-state index is -0.402. The van der Waals surface area contributed by atoms with E-state index in [4.69, 9.17) is 0 Å². The van der Waals surface area contributed by atoms with Gasteiger partial charge < -0.3 is 9.80 Å². The fraction of sp³-hybridized carbons (Fsp3) is 0.320. The van der Waals surface area contributed by atoms with Crippen LogP contribution in [0.15, 0.2) is 42.5 Å². The third-order valence-corrected chi connectivity index (χ3v) is 6.74. The van der Waals surface area contributed by atoms with Crippen LogP contribution in [0, 0.1) is 19.7 Å². The fourth-order valence-corrected chi connectivity index (χ4v) is 4.90. The molecule has 0 aliphatic carbocycles. The molecule has 1 saturated heterocycles. The highest BCUT2D eigenvalue weighted by Crippen LogP contribution is 2.29. The number of piperazine rings is 1. The van der Waals surface area contributed by atoms with E-state index in [9.17, 15) is 14.0 Å². The Kier molecular flexibility index (Phi) is 6.37. The number of benzene rings is 2. The lowest BCUT2D eigenvalue weighted by atomic mass is 10.1. The van der Waals surface area contributed by atoms with E-state index in [1.54, 1.807) is 23.5 Å². The lowest BCUT2D eigenvalue weighted by Gasteiger charge is -2.36. The van der Waals surface area contributed by atoms with Gasteiger partial charge in [0, 0.05) is 42.2 Å². The third-order valence-electron chi connectivity index (χ3n) is 5.77. The molecule has 0 spiro atoms. The first-order chi connectivity index (χ1) is 15.3. The Hall–Kier alpha value is -3.06. The van der Waals surface area contributed by atoms with Crippen LogP contribution in [-0.2, 0) is 11.2 Å². The molecule has 1 aliphatic heterocycles. The first-order valence-corrected chi connectivity index (χ1v) is 11.5. The van der Waals surface area contributed by atoms with E-state index in [1.165, 1.54) is 18.6 Å². The second-order valence-corrected chi connectivity index (χ2v) is 9.43. The molecule has 1 amide bonds. The molecule has 1 fully saturated rings. The SMILES string of the molecule is CC(=O)c1ccc(N2CCN(C(=O)Cc3sc(C)nc3-c3ccc(C)cc3)CC2)c(F)c1. The zero-order valence-corrected chi connectivity index (χ0v) is 19.3. The van der Waals surface area contributed by atoms with Crippen molar-refractivity contribution < 1.29 is 14.0 Å². The van der Waals surface area contributed by atoms with Crippen molar-refractivity contribution in [3.63, 3.8) is 0 Å². The van der Waals surface area contributed by atoms with Gasteiger partial charge in [0.05, 0.1) is 22.8 Å². The van der Waals surface area contributed by atoms with Crippen LogP contribution in [0.2, 0.25) is 0 Å². The summed E-state index contributed by atoms with van der Waals surface area (Å²) in [6.07, 6.45) is 0.316. The number of aryl methyl sites for hydroxylation is 2. The van der Waals surface area contributed by atoms with E-state index >= 15 is 0 Å². The molecule has 1 aliphatic rings. The van der Waals surface area contributed by atoms with E-state index in [2.05, 4.69) is 17.1 Å². The first-order valence-electron chi connectivity index (χ1n) is 10.7. The number of amides is 1. The van der Waals surface area contributed by atoms with E-state index in [0.29, 0.717) is 43.9 Å². The minimum absolute atomic E-state index is 0.0639. The molecule has 32 heavy (non-hydrogen) atoms. The summed E-state index contributed by atoms with van der Waals surface area (Å²) in [6, 6.07) is 12.8. The van der Waals surface area contributed by atoms with Crippen molar-refractivity contribution in [3.8, 4) is 11.3 Å². The largest absolute Gasteiger partial charge is 0.366 e. The van der Waals surface area contributed by atoms with Crippen molar-refractivity contribution >= 4 is 28.7 Å². The highest BCUT2D eigenvalue weighted by atomic mass is 32.1. The van der Waals surface area contributed by atoms with Gasteiger partial charge in [0.1, 0.15) is 5.82 Å². The molecule has 0 unspecified atom stereocenters. The van der Waals surface area contributed by atoms with Gasteiger partial charge in [-0.25, -0.2) is 9.37 Å². The summed E-state index contributed by atoms with van der Waals surface area (Å²) in [7, 11) is 0. The normalized spacial score (nSPS) is 14.0. The van der Waals surface area contributed by atoms with Crippen molar-refractivity contribution in [2.75, 3.05) is 31.1 Å². The van der Waals surface area contributed by atoms with Crippen LogP contribution in [0.25, 0.3) is 11.3 Å². The maximum atomic E-state index is 14.5. The van der Waals surface area contributed by atoms with Crippen molar-refractivity contribution in [2.24, 2.45) is 0 Å². The van der Waals surface area contributed by atoms with Crippen LogP contribution in [-0.4, -0.2) is 47.8 Å². The number of nitrogens with zero attached hydrogens (tertiary/aromatic N) is 3. The molecule has 5 nitrogen and oxygen atoms in total. The van der Waals surface area contributed by atoms with Crippen LogP contribution in [0.4, 0.5) is 10.1 Å². The Labute approximate surface area is 191 Å². The van der Waals surface area contributed by atoms with E-state index < -0.39 is 5.82 Å². The summed E-state index contributed by atoms with van der Waals surface area (Å²) in [6.45, 7) is 7.59. The first kappa shape index (κ1) is 22.1. The Morgan fingerprint density at radius 3 is 2.34 bits per heavy atom. The summed E-state index contributed by atoms with van der Waals surface area (Å²) in [5, 5.41) is 0.942. The van der Waals surface area contributed by atoms with Gasteiger partial charge in [-0.1, -0.05) is 29.8 Å². The van der Waals surface area contributed by atoms with Gasteiger partial charge in [0.25, 0.3) is 0 Å². The molecule has 166 valence electrons. The highest BCUT2D eigenvalue weighted by Gasteiger charge is 2.25. The monoisotopic (exact) mass is 451 g/mol. The fourth-order valence-electron chi connectivity index (χ4n) is 3.95. The second kappa shape index (κ2) is 9.20. The number of Topliss-reactive ketones (excluding diaryl/α,β-unsaturated/α-hetero) is 1. The lowest BCUT2D eigenvalue weighted by molar-refractivity contribution is -0.130. The number of rotatable bonds is 5. The predicted molar refractivity (Wildman–Crippen MR) is 126 cm³/mol. The summed E-state index contributed by atoms with van der Waals surface area (Å²) in [4.78, 5) is 33.9. The number of hydrogen-bond acceptors (Lipinski definition) is 5. The zero-order valence-electron chi connectivity index (χ0n) is 18.5. The lowest BCUT2D eigenvalue weighted by Crippen LogP contribution is -2.49. The quantitative estimate of drug-likeness (QED) is 0.530. The maximum Gasteiger partial charge on any atom is 0.228 e. The molecule has 3 aromatic rings. The van der Waals surface area contributed by atoms with Gasteiger partial charge in [-0.2, -0.15) is 0 Å². The Balaban J connectivity index is 1.42. The number of halogens is 1. The number of anilines is 1. The van der Waals surface area contributed by atoms with E-state index in [1.807, 2.05) is 35.8 Å². The topological polar surface area (TPSA) is 53.5 Å². The van der Waals surface area contributed by atoms with Gasteiger partial charge >= 0.3 is 0 Å². The molecule has 0 atom stereocenters. The molecule has 2 aromatic carbocycles. The number of thiazole rings is 1. The summed E-state index contributed by atoms with van der Waals surface area (Å²) in [5.74, 6) is -0.497. The number of hydrogen-bond donors (Lipinski definition) is 0. The summed E-state index contributed by atoms with van der Waals surface area (Å²) >= 11 is 1.56. The predicted octanol–water partition coefficient (Wildman–Crippen LogP) is 4.66. The Bertz CT molecular complexity index is 1150. The van der Waals surface area contributed by atoms with Gasteiger partial charge in [-0.3, -0.25) is 9.59 Å². The van der Waals surface area contributed by atoms with Crippen LogP contribution in [0.1, 0.15) is 32.7 Å². The number of carbonyl (C=O) groups excluding carboxylic acids is 2. The van der Waals surface area contributed by atoms with Gasteiger partial charge in [0.15, 0.2) is 5.78 Å². The van der Waals surface area contributed by atoms with Crippen LogP contribution in [0.5, 0.6) is 0 Å². The molecular weight excluding hydrogens is 425 g/mol. The van der Waals surface area contributed by atoms with Crippen molar-refractivity contribution in [2.45, 2.75) is 27.2 Å². The highest BCUT2D eigenvalue weighted by molar-refractivity contribution is 7.12. The molecule has 4 rings (SSSR count). The zero-order chi connectivity index (χ0) is 22.8. The van der Waals surface area contributed by atoms with Crippen LogP contribution >= 0.6 is 11.3 Å². The van der Waals surface area contributed by atoms with Gasteiger partial charge in [-0.05, 0) is 39.0 Å². The molecule has 7 heteroatoms. The molecule has 0 radical (unpaired) electrons. The molecule has 0 N–H and O–H groups in total. The Morgan fingerprint density at radius 2 is 1.72 bits per heavy atom. The van der Waals surface area contributed by atoms with Crippen LogP contribution in [0.3, 0.4) is 0 Å². The van der Waals surface area contributed by atoms with Crippen LogP contribution < -0.4 is 4.90 Å². The number of carbonyl (C=O) groups is 2. The van der Waals surface area contributed by atoms with Crippen molar-refractivity contribution in [3.05, 3.63) is 69.3 Å². The summed E-state index contributed by atoms with van der Waals surface area (Å²) in [5.41, 5.74) is 3.93. The molecular formula is C25H26FN3O2S. The average molecular weight is 452 g/mol. The van der Waals surface area contributed by atoms with Crippen molar-refractivity contribution in [1.29, 1.82) is 0 Å². The smallest absolute Gasteiger partial charge is 0.228 e. The molecule has 0 bridgehead atoms. The molecule has 1 aromatic heterocycles. The van der Waals surface area contributed by atoms with E-state index in [-0.39, 0.29) is 11.7 Å². The number of ketones is 1. The van der Waals surface area contributed by atoms with E-state index in [0.717, 1.165) is 21.1 Å². The van der Waals surface area contributed by atoms with Gasteiger partial charge in [0.2, 0.25) is 5.91 Å². The third kappa shape index (κ3) is 4.72. The molecule has 2 heterocycles. The Morgan fingerprint density at radius 1 is 1.03 bits per heavy atom.